The summed E-state index contributed by atoms with van der Waals surface area (Å²) < 4.78 is 11.9. The molecule has 138 valence electrons. The summed E-state index contributed by atoms with van der Waals surface area (Å²) in [7, 11) is 0. The number of nitrogens with zero attached hydrogens (tertiary/aromatic N) is 1. The zero-order chi connectivity index (χ0) is 18.5. The van der Waals surface area contributed by atoms with Gasteiger partial charge in [-0.25, -0.2) is 0 Å². The van der Waals surface area contributed by atoms with Crippen molar-refractivity contribution in [3.05, 3.63) is 53.6 Å². The highest BCUT2D eigenvalue weighted by Crippen LogP contribution is 2.35. The Morgan fingerprint density at radius 1 is 1.23 bits per heavy atom. The van der Waals surface area contributed by atoms with Crippen molar-refractivity contribution in [3.8, 4) is 11.5 Å². The molecule has 0 aliphatic carbocycles. The number of aryl methyl sites for hydroxylation is 1. The molecular formula is C22H27NO3. The Morgan fingerprint density at radius 2 is 2.00 bits per heavy atom. The van der Waals surface area contributed by atoms with Crippen LogP contribution in [0.4, 0.5) is 5.69 Å². The number of ether oxygens (including phenoxy) is 2. The lowest BCUT2D eigenvalue weighted by Crippen LogP contribution is -2.40. The third-order valence-electron chi connectivity index (χ3n) is 4.74. The Kier molecular flexibility index (Phi) is 5.82. The molecule has 0 saturated carbocycles. The number of hydrogen-bond donors (Lipinski definition) is 0. The zero-order valence-electron chi connectivity index (χ0n) is 15.8. The summed E-state index contributed by atoms with van der Waals surface area (Å²) in [5.41, 5.74) is 2.97. The molecule has 0 fully saturated rings. The fourth-order valence-corrected chi connectivity index (χ4v) is 3.15. The van der Waals surface area contributed by atoms with Gasteiger partial charge < -0.3 is 14.4 Å². The van der Waals surface area contributed by atoms with Crippen LogP contribution in [-0.2, 0) is 0 Å². The molecule has 4 heteroatoms. The van der Waals surface area contributed by atoms with Crippen LogP contribution in [0.15, 0.2) is 42.5 Å². The van der Waals surface area contributed by atoms with Gasteiger partial charge in [0.05, 0.1) is 18.8 Å². The van der Waals surface area contributed by atoms with Gasteiger partial charge in [0.2, 0.25) is 0 Å². The van der Waals surface area contributed by atoms with Gasteiger partial charge in [-0.15, -0.1) is 0 Å². The molecule has 0 amide bonds. The topological polar surface area (TPSA) is 38.8 Å². The molecule has 1 aliphatic heterocycles. The third kappa shape index (κ3) is 4.37. The second-order valence-corrected chi connectivity index (χ2v) is 6.85. The van der Waals surface area contributed by atoms with Gasteiger partial charge in [0.1, 0.15) is 17.6 Å². The van der Waals surface area contributed by atoms with Crippen LogP contribution in [0.3, 0.4) is 0 Å². The summed E-state index contributed by atoms with van der Waals surface area (Å²) in [5.74, 6) is 1.85. The normalized spacial score (nSPS) is 16.0. The maximum Gasteiger partial charge on any atom is 0.159 e. The number of rotatable bonds is 7. The summed E-state index contributed by atoms with van der Waals surface area (Å²) in [6.07, 6.45) is 2.06. The van der Waals surface area contributed by atoms with Gasteiger partial charge in [0.15, 0.2) is 5.78 Å². The fourth-order valence-electron chi connectivity index (χ4n) is 3.15. The van der Waals surface area contributed by atoms with Crippen molar-refractivity contribution in [3.63, 3.8) is 0 Å². The molecule has 1 aliphatic rings. The molecule has 0 N–H and O–H groups in total. The van der Waals surface area contributed by atoms with E-state index in [2.05, 4.69) is 30.9 Å². The molecule has 1 atom stereocenters. The van der Waals surface area contributed by atoms with Gasteiger partial charge in [-0.05, 0) is 57.0 Å². The highest BCUT2D eigenvalue weighted by molar-refractivity contribution is 5.95. The average Bonchev–Trinajstić information content (AvgIpc) is 2.65. The molecule has 0 radical (unpaired) electrons. The van der Waals surface area contributed by atoms with Crippen molar-refractivity contribution < 1.29 is 14.3 Å². The van der Waals surface area contributed by atoms with Crippen molar-refractivity contribution in [1.82, 2.24) is 0 Å². The van der Waals surface area contributed by atoms with E-state index in [1.54, 1.807) is 6.92 Å². The van der Waals surface area contributed by atoms with E-state index in [0.717, 1.165) is 48.7 Å². The van der Waals surface area contributed by atoms with Crippen LogP contribution in [0.1, 0.15) is 42.6 Å². The van der Waals surface area contributed by atoms with E-state index < -0.39 is 0 Å². The first-order valence-corrected chi connectivity index (χ1v) is 9.33. The second kappa shape index (κ2) is 8.26. The predicted molar refractivity (Wildman–Crippen MR) is 105 cm³/mol. The molecule has 2 aromatic carbocycles. The van der Waals surface area contributed by atoms with E-state index in [0.29, 0.717) is 6.61 Å². The Balaban J connectivity index is 1.63. The van der Waals surface area contributed by atoms with Crippen LogP contribution < -0.4 is 14.4 Å². The van der Waals surface area contributed by atoms with Crippen LogP contribution >= 0.6 is 0 Å². The van der Waals surface area contributed by atoms with E-state index in [-0.39, 0.29) is 11.9 Å². The number of carbonyl (C=O) groups excluding carboxylic acids is 1. The van der Waals surface area contributed by atoms with Crippen LogP contribution in [-0.4, -0.2) is 31.6 Å². The third-order valence-corrected chi connectivity index (χ3v) is 4.74. The molecule has 1 heterocycles. The largest absolute Gasteiger partial charge is 0.494 e. The molecule has 4 nitrogen and oxygen atoms in total. The number of anilines is 1. The van der Waals surface area contributed by atoms with Crippen molar-refractivity contribution in [1.29, 1.82) is 0 Å². The van der Waals surface area contributed by atoms with Crippen molar-refractivity contribution in [2.75, 3.05) is 24.6 Å². The SMILES string of the molecule is CCC1CN(CCCOc2ccc(C)cc2)c2cc(C(C)=O)ccc2O1. The number of hydrogen-bond acceptors (Lipinski definition) is 4. The lowest BCUT2D eigenvalue weighted by atomic mass is 10.1. The predicted octanol–water partition coefficient (Wildman–Crippen LogP) is 4.64. The standard InChI is InChI=1S/C22H27NO3/c1-4-19-15-23(12-5-13-25-20-9-6-16(2)7-10-20)21-14-18(17(3)24)8-11-22(21)26-19/h6-11,14,19H,4-5,12-13,15H2,1-3H3. The summed E-state index contributed by atoms with van der Waals surface area (Å²) >= 11 is 0. The summed E-state index contributed by atoms with van der Waals surface area (Å²) in [6, 6.07) is 13.8. The van der Waals surface area contributed by atoms with E-state index in [9.17, 15) is 4.79 Å². The maximum absolute atomic E-state index is 11.7. The molecule has 3 rings (SSSR count). The molecule has 2 aromatic rings. The lowest BCUT2D eigenvalue weighted by molar-refractivity contribution is 0.101. The van der Waals surface area contributed by atoms with Gasteiger partial charge in [0.25, 0.3) is 0 Å². The van der Waals surface area contributed by atoms with Crippen LogP contribution in [0.2, 0.25) is 0 Å². The average molecular weight is 353 g/mol. The van der Waals surface area contributed by atoms with Crippen molar-refractivity contribution in [2.45, 2.75) is 39.7 Å². The molecule has 0 aromatic heterocycles. The quantitative estimate of drug-likeness (QED) is 0.537. The van der Waals surface area contributed by atoms with Gasteiger partial charge in [-0.1, -0.05) is 24.6 Å². The Morgan fingerprint density at radius 3 is 2.69 bits per heavy atom. The smallest absolute Gasteiger partial charge is 0.159 e. The molecule has 0 spiro atoms. The first-order valence-electron chi connectivity index (χ1n) is 9.33. The summed E-state index contributed by atoms with van der Waals surface area (Å²) in [4.78, 5) is 14.0. The maximum atomic E-state index is 11.7. The first kappa shape index (κ1) is 18.3. The number of ketones is 1. The summed E-state index contributed by atoms with van der Waals surface area (Å²) in [6.45, 7) is 8.19. The number of fused-ring (bicyclic) bond motifs is 1. The molecule has 26 heavy (non-hydrogen) atoms. The summed E-state index contributed by atoms with van der Waals surface area (Å²) in [5, 5.41) is 0. The van der Waals surface area contributed by atoms with E-state index in [1.807, 2.05) is 30.3 Å². The highest BCUT2D eigenvalue weighted by atomic mass is 16.5. The van der Waals surface area contributed by atoms with Crippen LogP contribution in [0.5, 0.6) is 11.5 Å². The zero-order valence-corrected chi connectivity index (χ0v) is 15.8. The fraction of sp³-hybridized carbons (Fsp3) is 0.409. The van der Waals surface area contributed by atoms with E-state index in [4.69, 9.17) is 9.47 Å². The monoisotopic (exact) mass is 353 g/mol. The number of Topliss-reactive ketones (excluding diaryl/α,β-unsaturated/α-hetero) is 1. The Bertz CT molecular complexity index is 754. The van der Waals surface area contributed by atoms with Gasteiger partial charge >= 0.3 is 0 Å². The van der Waals surface area contributed by atoms with Crippen molar-refractivity contribution >= 4 is 11.5 Å². The van der Waals surface area contributed by atoms with Gasteiger partial charge in [-0.2, -0.15) is 0 Å². The van der Waals surface area contributed by atoms with E-state index in [1.165, 1.54) is 5.56 Å². The minimum absolute atomic E-state index is 0.0769. The first-order chi connectivity index (χ1) is 12.6. The van der Waals surface area contributed by atoms with Gasteiger partial charge in [-0.3, -0.25) is 4.79 Å². The number of carbonyl (C=O) groups is 1. The Labute approximate surface area is 155 Å². The van der Waals surface area contributed by atoms with Crippen LogP contribution in [0, 0.1) is 6.92 Å². The lowest BCUT2D eigenvalue weighted by Gasteiger charge is -2.36. The molecule has 0 bridgehead atoms. The highest BCUT2D eigenvalue weighted by Gasteiger charge is 2.25. The van der Waals surface area contributed by atoms with Gasteiger partial charge in [0, 0.05) is 12.1 Å². The molecule has 0 saturated heterocycles. The van der Waals surface area contributed by atoms with Crippen molar-refractivity contribution in [2.24, 2.45) is 0 Å². The van der Waals surface area contributed by atoms with E-state index >= 15 is 0 Å². The molecule has 1 unspecified atom stereocenters. The minimum atomic E-state index is 0.0769. The molecular weight excluding hydrogens is 326 g/mol. The Hall–Kier alpha value is -2.49. The number of benzene rings is 2. The second-order valence-electron chi connectivity index (χ2n) is 6.85. The van der Waals surface area contributed by atoms with Crippen LogP contribution in [0.25, 0.3) is 0 Å². The minimum Gasteiger partial charge on any atom is -0.494 e.